The lowest BCUT2D eigenvalue weighted by Gasteiger charge is -2.09. The van der Waals surface area contributed by atoms with Crippen molar-refractivity contribution in [1.29, 1.82) is 0 Å². The largest absolute Gasteiger partial charge is 0.453 e. The Kier molecular flexibility index (Phi) is 4.86. The normalized spacial score (nSPS) is 11.9. The molecule has 29 heavy (non-hydrogen) atoms. The van der Waals surface area contributed by atoms with Crippen molar-refractivity contribution in [1.82, 2.24) is 30.0 Å². The van der Waals surface area contributed by atoms with Gasteiger partial charge in [0.05, 0.1) is 5.69 Å². The van der Waals surface area contributed by atoms with E-state index in [1.165, 1.54) is 6.07 Å². The van der Waals surface area contributed by atoms with Gasteiger partial charge in [0.2, 0.25) is 5.13 Å². The number of fused-ring (bicyclic) bond motifs is 1. The predicted octanol–water partition coefficient (Wildman–Crippen LogP) is 4.65. The monoisotopic (exact) mass is 441 g/mol. The number of nitrogens with one attached hydrogen (secondary N) is 1. The summed E-state index contributed by atoms with van der Waals surface area (Å²) in [5.41, 5.74) is 1.46. The summed E-state index contributed by atoms with van der Waals surface area (Å²) in [5, 5.41) is 22.3. The number of halogens is 4. The van der Waals surface area contributed by atoms with Crippen LogP contribution in [0.5, 0.6) is 0 Å². The third-order valence-electron chi connectivity index (χ3n) is 4.01. The first-order valence-electron chi connectivity index (χ1n) is 8.07. The molecule has 0 amide bonds. The van der Waals surface area contributed by atoms with Gasteiger partial charge in [-0.05, 0) is 43.3 Å². The molecule has 0 atom stereocenters. The number of aromatic nitrogens is 6. The minimum absolute atomic E-state index is 0.0401. The Balaban J connectivity index is 1.65. The number of rotatable bonds is 4. The first kappa shape index (κ1) is 19.5. The molecule has 0 bridgehead atoms. The van der Waals surface area contributed by atoms with Gasteiger partial charge in [-0.2, -0.15) is 22.8 Å². The van der Waals surface area contributed by atoms with Crippen LogP contribution >= 0.6 is 23.1 Å². The van der Waals surface area contributed by atoms with Crippen molar-refractivity contribution in [2.45, 2.75) is 29.4 Å². The summed E-state index contributed by atoms with van der Waals surface area (Å²) >= 11 is 2.18. The van der Waals surface area contributed by atoms with E-state index >= 15 is 0 Å². The molecule has 4 rings (SSSR count). The summed E-state index contributed by atoms with van der Waals surface area (Å²) in [7, 11) is 0. The van der Waals surface area contributed by atoms with Crippen molar-refractivity contribution in [2.24, 2.45) is 0 Å². The minimum atomic E-state index is -4.68. The highest BCUT2D eigenvalue weighted by molar-refractivity contribution is 8.01. The van der Waals surface area contributed by atoms with Crippen LogP contribution in [-0.2, 0) is 6.18 Å². The van der Waals surface area contributed by atoms with Gasteiger partial charge in [0.15, 0.2) is 9.99 Å². The smallest absolute Gasteiger partial charge is 0.328 e. The third kappa shape index (κ3) is 3.74. The third-order valence-corrected chi connectivity index (χ3v) is 5.98. The average Bonchev–Trinajstić information content (AvgIpc) is 3.28. The van der Waals surface area contributed by atoms with Crippen molar-refractivity contribution in [3.05, 3.63) is 47.0 Å². The summed E-state index contributed by atoms with van der Waals surface area (Å²) in [6.45, 7) is 3.38. The molecule has 0 saturated heterocycles. The molecule has 0 saturated carbocycles. The fourth-order valence-electron chi connectivity index (χ4n) is 2.44. The molecule has 4 aromatic rings. The van der Waals surface area contributed by atoms with Crippen molar-refractivity contribution < 1.29 is 17.6 Å². The van der Waals surface area contributed by atoms with E-state index in [9.17, 15) is 17.6 Å². The number of para-hydroxylation sites is 1. The van der Waals surface area contributed by atoms with Crippen LogP contribution in [0.25, 0.3) is 5.65 Å². The number of nitrogens with zero attached hydrogens (tertiary/aromatic N) is 6. The SMILES string of the molecule is Cc1c(Sc2nnc(Nc3ccccc3F)s2)nn2c(C(F)(F)F)nnc2c1C. The molecule has 150 valence electrons. The molecule has 0 aliphatic carbocycles. The number of benzene rings is 1. The maximum Gasteiger partial charge on any atom is 0.453 e. The molecule has 0 aliphatic rings. The summed E-state index contributed by atoms with van der Waals surface area (Å²) in [6, 6.07) is 6.10. The van der Waals surface area contributed by atoms with Crippen molar-refractivity contribution in [3.63, 3.8) is 0 Å². The maximum atomic E-state index is 13.8. The van der Waals surface area contributed by atoms with E-state index in [4.69, 9.17) is 0 Å². The minimum Gasteiger partial charge on any atom is -0.328 e. The van der Waals surface area contributed by atoms with Crippen LogP contribution < -0.4 is 5.32 Å². The lowest BCUT2D eigenvalue weighted by atomic mass is 10.2. The van der Waals surface area contributed by atoms with E-state index in [2.05, 4.69) is 30.8 Å². The van der Waals surface area contributed by atoms with Crippen LogP contribution in [0.3, 0.4) is 0 Å². The number of alkyl halides is 3. The Morgan fingerprint density at radius 1 is 1.03 bits per heavy atom. The van der Waals surface area contributed by atoms with Crippen LogP contribution in [-0.4, -0.2) is 30.0 Å². The number of hydrogen-bond donors (Lipinski definition) is 1. The van der Waals surface area contributed by atoms with E-state index < -0.39 is 17.8 Å². The quantitative estimate of drug-likeness (QED) is 0.462. The lowest BCUT2D eigenvalue weighted by Crippen LogP contribution is -2.13. The molecule has 0 radical (unpaired) electrons. The fraction of sp³-hybridized carbons (Fsp3) is 0.188. The highest BCUT2D eigenvalue weighted by atomic mass is 32.2. The number of hydrogen-bond acceptors (Lipinski definition) is 8. The van der Waals surface area contributed by atoms with Gasteiger partial charge in [0.25, 0.3) is 5.82 Å². The van der Waals surface area contributed by atoms with Crippen molar-refractivity contribution in [3.8, 4) is 0 Å². The summed E-state index contributed by atoms with van der Waals surface area (Å²) in [4.78, 5) is 0. The van der Waals surface area contributed by atoms with Gasteiger partial charge >= 0.3 is 6.18 Å². The molecular weight excluding hydrogens is 430 g/mol. The Bertz CT molecular complexity index is 1200. The standard InChI is InChI=1S/C16H11F4N7S2/c1-7-8(2)12(26-27-11(7)22-23-13(27)16(18,19)20)28-15-25-24-14(29-15)21-10-6-4-3-5-9(10)17/h3-6H,1-2H3,(H,21,24). The zero-order chi connectivity index (χ0) is 20.8. The molecule has 0 aliphatic heterocycles. The molecule has 1 aromatic carbocycles. The molecular formula is C16H11F4N7S2. The maximum absolute atomic E-state index is 13.8. The van der Waals surface area contributed by atoms with E-state index in [0.29, 0.717) is 30.1 Å². The van der Waals surface area contributed by atoms with E-state index in [-0.39, 0.29) is 11.3 Å². The molecule has 0 unspecified atom stereocenters. The molecule has 3 heterocycles. The second kappa shape index (κ2) is 7.22. The zero-order valence-corrected chi connectivity index (χ0v) is 16.5. The van der Waals surface area contributed by atoms with E-state index in [1.807, 2.05) is 0 Å². The topological polar surface area (TPSA) is 80.9 Å². The Morgan fingerprint density at radius 2 is 1.79 bits per heavy atom. The van der Waals surface area contributed by atoms with Gasteiger partial charge in [0.1, 0.15) is 10.8 Å². The second-order valence-electron chi connectivity index (χ2n) is 5.89. The summed E-state index contributed by atoms with van der Waals surface area (Å²) in [6.07, 6.45) is -4.68. The molecule has 7 nitrogen and oxygen atoms in total. The first-order chi connectivity index (χ1) is 13.7. The number of aryl methyl sites for hydroxylation is 1. The van der Waals surface area contributed by atoms with E-state index in [0.717, 1.165) is 23.1 Å². The van der Waals surface area contributed by atoms with Crippen LogP contribution in [0.1, 0.15) is 17.0 Å². The van der Waals surface area contributed by atoms with Crippen LogP contribution in [0.4, 0.5) is 28.4 Å². The highest BCUT2D eigenvalue weighted by Gasteiger charge is 2.38. The Labute approximate surface area is 169 Å². The predicted molar refractivity (Wildman–Crippen MR) is 99.0 cm³/mol. The zero-order valence-electron chi connectivity index (χ0n) is 14.8. The molecule has 13 heteroatoms. The Hall–Kier alpha value is -2.80. The number of anilines is 2. The fourth-order valence-corrected chi connectivity index (χ4v) is 4.24. The van der Waals surface area contributed by atoms with Gasteiger partial charge < -0.3 is 5.32 Å². The van der Waals surface area contributed by atoms with Gasteiger partial charge in [-0.3, -0.25) is 0 Å². The second-order valence-corrected chi connectivity index (χ2v) is 8.11. The van der Waals surface area contributed by atoms with Gasteiger partial charge in [-0.1, -0.05) is 23.5 Å². The summed E-state index contributed by atoms with van der Waals surface area (Å²) < 4.78 is 54.3. The van der Waals surface area contributed by atoms with E-state index in [1.54, 1.807) is 32.0 Å². The van der Waals surface area contributed by atoms with Crippen molar-refractivity contribution >= 4 is 39.6 Å². The van der Waals surface area contributed by atoms with Gasteiger partial charge in [-0.25, -0.2) is 4.39 Å². The van der Waals surface area contributed by atoms with Gasteiger partial charge in [-0.15, -0.1) is 20.4 Å². The summed E-state index contributed by atoms with van der Waals surface area (Å²) in [5.74, 6) is -1.64. The molecule has 0 fully saturated rings. The first-order valence-corrected chi connectivity index (χ1v) is 9.70. The molecule has 0 spiro atoms. The molecule has 3 aromatic heterocycles. The Morgan fingerprint density at radius 3 is 2.52 bits per heavy atom. The van der Waals surface area contributed by atoms with Crippen LogP contribution in [0.15, 0.2) is 33.6 Å². The average molecular weight is 441 g/mol. The van der Waals surface area contributed by atoms with Gasteiger partial charge in [0, 0.05) is 5.56 Å². The lowest BCUT2D eigenvalue weighted by molar-refractivity contribution is -0.146. The molecule has 1 N–H and O–H groups in total. The van der Waals surface area contributed by atoms with Crippen LogP contribution in [0, 0.1) is 19.7 Å². The van der Waals surface area contributed by atoms with Crippen molar-refractivity contribution in [2.75, 3.05) is 5.32 Å². The highest BCUT2D eigenvalue weighted by Crippen LogP contribution is 2.36. The van der Waals surface area contributed by atoms with Crippen LogP contribution in [0.2, 0.25) is 0 Å².